The molecule has 2 atom stereocenters. The average molecular weight is 362 g/mol. The maximum absolute atomic E-state index is 12.0. The fraction of sp³-hybridized carbons (Fsp3) is 0.600. The molecule has 6 heteroatoms. The van der Waals surface area contributed by atoms with E-state index in [1.54, 1.807) is 24.3 Å². The summed E-state index contributed by atoms with van der Waals surface area (Å²) >= 11 is 0. The molecule has 1 saturated heterocycles. The highest BCUT2D eigenvalue weighted by atomic mass is 16.5. The molecule has 0 spiro atoms. The zero-order chi connectivity index (χ0) is 18.9. The van der Waals surface area contributed by atoms with Crippen LogP contribution in [0.4, 0.5) is 11.4 Å². The van der Waals surface area contributed by atoms with E-state index in [1.165, 1.54) is 0 Å². The summed E-state index contributed by atoms with van der Waals surface area (Å²) < 4.78 is 11.0. The van der Waals surface area contributed by atoms with Gasteiger partial charge in [0.2, 0.25) is 5.91 Å². The van der Waals surface area contributed by atoms with Gasteiger partial charge in [-0.2, -0.15) is 0 Å². The topological polar surface area (TPSA) is 76.7 Å². The van der Waals surface area contributed by atoms with Crippen LogP contribution in [-0.4, -0.2) is 37.2 Å². The first-order chi connectivity index (χ1) is 12.4. The van der Waals surface area contributed by atoms with Crippen molar-refractivity contribution in [2.75, 3.05) is 23.8 Å². The van der Waals surface area contributed by atoms with Crippen molar-refractivity contribution in [2.24, 2.45) is 5.92 Å². The highest BCUT2D eigenvalue weighted by Crippen LogP contribution is 2.17. The fourth-order valence-corrected chi connectivity index (χ4v) is 2.95. The molecule has 0 unspecified atom stereocenters. The van der Waals surface area contributed by atoms with Crippen molar-refractivity contribution in [3.63, 3.8) is 0 Å². The molecule has 2 rings (SSSR count). The first-order valence-corrected chi connectivity index (χ1v) is 9.38. The third kappa shape index (κ3) is 7.14. The molecular formula is C20H30N2O4. The Labute approximate surface area is 155 Å². The molecule has 0 bridgehead atoms. The lowest BCUT2D eigenvalue weighted by molar-refractivity contribution is -0.124. The van der Waals surface area contributed by atoms with Gasteiger partial charge < -0.3 is 20.1 Å². The summed E-state index contributed by atoms with van der Waals surface area (Å²) in [6, 6.07) is 7.07. The van der Waals surface area contributed by atoms with Crippen LogP contribution in [0.3, 0.4) is 0 Å². The highest BCUT2D eigenvalue weighted by Gasteiger charge is 2.23. The van der Waals surface area contributed by atoms with Crippen LogP contribution in [0.1, 0.15) is 46.5 Å². The monoisotopic (exact) mass is 362 g/mol. The summed E-state index contributed by atoms with van der Waals surface area (Å²) in [7, 11) is 0. The number of nitrogens with one attached hydrogen (secondary N) is 2. The molecule has 0 saturated carbocycles. The molecule has 1 fully saturated rings. The number of amides is 2. The van der Waals surface area contributed by atoms with Gasteiger partial charge >= 0.3 is 0 Å². The molecule has 1 aromatic rings. The molecule has 0 aliphatic carbocycles. The number of carbonyl (C=O) groups is 2. The molecule has 1 aliphatic heterocycles. The normalized spacial score (nSPS) is 17.9. The van der Waals surface area contributed by atoms with Gasteiger partial charge in [-0.05, 0) is 56.4 Å². The van der Waals surface area contributed by atoms with Crippen molar-refractivity contribution < 1.29 is 19.1 Å². The minimum Gasteiger partial charge on any atom is -0.378 e. The van der Waals surface area contributed by atoms with Crippen LogP contribution < -0.4 is 10.6 Å². The van der Waals surface area contributed by atoms with E-state index in [1.807, 2.05) is 6.92 Å². The van der Waals surface area contributed by atoms with E-state index in [9.17, 15) is 9.59 Å². The van der Waals surface area contributed by atoms with E-state index < -0.39 is 0 Å². The average Bonchev–Trinajstić information content (AvgIpc) is 3.10. The summed E-state index contributed by atoms with van der Waals surface area (Å²) in [5.41, 5.74) is 1.38. The van der Waals surface area contributed by atoms with Gasteiger partial charge in [-0.15, -0.1) is 0 Å². The lowest BCUT2D eigenvalue weighted by Gasteiger charge is -2.15. The molecule has 6 nitrogen and oxygen atoms in total. The summed E-state index contributed by atoms with van der Waals surface area (Å²) in [5.74, 6) is 0.378. The van der Waals surface area contributed by atoms with Crippen LogP contribution >= 0.6 is 0 Å². The predicted octanol–water partition coefficient (Wildman–Crippen LogP) is 3.58. The molecule has 26 heavy (non-hydrogen) atoms. The summed E-state index contributed by atoms with van der Waals surface area (Å²) in [5, 5.41) is 5.67. The molecule has 1 aromatic carbocycles. The second kappa shape index (κ2) is 10.3. The van der Waals surface area contributed by atoms with Crippen LogP contribution in [0.2, 0.25) is 0 Å². The largest absolute Gasteiger partial charge is 0.378 e. The SMILES string of the molecule is CC(C)C[C@H](C)OCCC(=O)Nc1ccc(NC(=O)[C@H]2CCCO2)cc1. The minimum absolute atomic E-state index is 0.0853. The Morgan fingerprint density at radius 3 is 2.38 bits per heavy atom. The maximum Gasteiger partial charge on any atom is 0.253 e. The van der Waals surface area contributed by atoms with Gasteiger partial charge in [-0.1, -0.05) is 13.8 Å². The predicted molar refractivity (Wildman–Crippen MR) is 102 cm³/mol. The number of ether oxygens (including phenoxy) is 2. The Bertz CT molecular complexity index is 580. The van der Waals surface area contributed by atoms with Gasteiger partial charge in [0.15, 0.2) is 0 Å². The second-order valence-electron chi connectivity index (χ2n) is 7.18. The van der Waals surface area contributed by atoms with Gasteiger partial charge in [0.05, 0.1) is 19.1 Å². The van der Waals surface area contributed by atoms with E-state index in [-0.39, 0.29) is 24.0 Å². The number of benzene rings is 1. The van der Waals surface area contributed by atoms with Gasteiger partial charge in [-0.3, -0.25) is 9.59 Å². The number of anilines is 2. The van der Waals surface area contributed by atoms with Crippen LogP contribution in [-0.2, 0) is 19.1 Å². The molecule has 0 radical (unpaired) electrons. The third-order valence-corrected chi connectivity index (χ3v) is 4.19. The number of carbonyl (C=O) groups excluding carboxylic acids is 2. The first kappa shape index (κ1) is 20.4. The molecule has 144 valence electrons. The van der Waals surface area contributed by atoms with E-state index in [0.29, 0.717) is 36.9 Å². The Kier molecular flexibility index (Phi) is 8.06. The van der Waals surface area contributed by atoms with E-state index in [2.05, 4.69) is 24.5 Å². The zero-order valence-corrected chi connectivity index (χ0v) is 15.9. The van der Waals surface area contributed by atoms with Crippen LogP contribution in [0, 0.1) is 5.92 Å². The van der Waals surface area contributed by atoms with Crippen molar-refractivity contribution in [1.82, 2.24) is 0 Å². The van der Waals surface area contributed by atoms with E-state index >= 15 is 0 Å². The van der Waals surface area contributed by atoms with E-state index in [0.717, 1.165) is 19.3 Å². The Morgan fingerprint density at radius 2 is 1.81 bits per heavy atom. The van der Waals surface area contributed by atoms with Gasteiger partial charge in [0.25, 0.3) is 5.91 Å². The van der Waals surface area contributed by atoms with Crippen LogP contribution in [0.15, 0.2) is 24.3 Å². The summed E-state index contributed by atoms with van der Waals surface area (Å²) in [4.78, 5) is 24.0. The third-order valence-electron chi connectivity index (χ3n) is 4.19. The number of hydrogen-bond donors (Lipinski definition) is 2. The van der Waals surface area contributed by atoms with Crippen molar-refractivity contribution in [3.05, 3.63) is 24.3 Å². The molecular weight excluding hydrogens is 332 g/mol. The molecule has 2 amide bonds. The fourth-order valence-electron chi connectivity index (χ4n) is 2.95. The minimum atomic E-state index is -0.354. The van der Waals surface area contributed by atoms with Crippen molar-refractivity contribution in [1.29, 1.82) is 0 Å². The summed E-state index contributed by atoms with van der Waals surface area (Å²) in [6.07, 6.45) is 2.80. The standard InChI is InChI=1S/C20H30N2O4/c1-14(2)13-15(3)25-12-10-19(23)21-16-6-8-17(9-7-16)22-20(24)18-5-4-11-26-18/h6-9,14-15,18H,4-5,10-13H2,1-3H3,(H,21,23)(H,22,24)/t15-,18+/m0/s1. The molecule has 0 aromatic heterocycles. The van der Waals surface area contributed by atoms with Crippen molar-refractivity contribution >= 4 is 23.2 Å². The second-order valence-corrected chi connectivity index (χ2v) is 7.18. The highest BCUT2D eigenvalue weighted by molar-refractivity contribution is 5.95. The quantitative estimate of drug-likeness (QED) is 0.704. The number of hydrogen-bond acceptors (Lipinski definition) is 4. The van der Waals surface area contributed by atoms with E-state index in [4.69, 9.17) is 9.47 Å². The van der Waals surface area contributed by atoms with Gasteiger partial charge in [-0.25, -0.2) is 0 Å². The van der Waals surface area contributed by atoms with Crippen molar-refractivity contribution in [3.8, 4) is 0 Å². The van der Waals surface area contributed by atoms with Gasteiger partial charge in [0.1, 0.15) is 6.10 Å². The summed E-state index contributed by atoms with van der Waals surface area (Å²) in [6.45, 7) is 7.39. The Hall–Kier alpha value is -1.92. The maximum atomic E-state index is 12.0. The Morgan fingerprint density at radius 1 is 1.15 bits per heavy atom. The first-order valence-electron chi connectivity index (χ1n) is 9.38. The Balaban J connectivity index is 1.70. The number of rotatable bonds is 9. The van der Waals surface area contributed by atoms with Gasteiger partial charge in [0, 0.05) is 18.0 Å². The molecule has 1 aliphatic rings. The van der Waals surface area contributed by atoms with Crippen LogP contribution in [0.25, 0.3) is 0 Å². The molecule has 1 heterocycles. The lowest BCUT2D eigenvalue weighted by atomic mass is 10.1. The lowest BCUT2D eigenvalue weighted by Crippen LogP contribution is -2.26. The molecule has 2 N–H and O–H groups in total. The smallest absolute Gasteiger partial charge is 0.253 e. The zero-order valence-electron chi connectivity index (χ0n) is 15.9. The van der Waals surface area contributed by atoms with Crippen molar-refractivity contribution in [2.45, 2.75) is 58.7 Å². The van der Waals surface area contributed by atoms with Crippen LogP contribution in [0.5, 0.6) is 0 Å².